The van der Waals surface area contributed by atoms with Crippen molar-refractivity contribution in [2.24, 2.45) is 5.14 Å². The molecular formula is C9H7ClF4N2O3S. The highest BCUT2D eigenvalue weighted by atomic mass is 35.5. The van der Waals surface area contributed by atoms with Crippen LogP contribution in [0.15, 0.2) is 23.1 Å². The van der Waals surface area contributed by atoms with Crippen LogP contribution in [-0.4, -0.2) is 26.7 Å². The van der Waals surface area contributed by atoms with Crippen LogP contribution in [0.3, 0.4) is 0 Å². The third-order valence-electron chi connectivity index (χ3n) is 2.09. The van der Waals surface area contributed by atoms with E-state index in [9.17, 15) is 30.8 Å². The van der Waals surface area contributed by atoms with Crippen molar-refractivity contribution in [1.82, 2.24) is 0 Å². The Bertz CT molecular complexity index is 636. The van der Waals surface area contributed by atoms with Gasteiger partial charge >= 0.3 is 18.3 Å². The molecule has 0 unspecified atom stereocenters. The lowest BCUT2D eigenvalue weighted by Gasteiger charge is -2.15. The zero-order valence-electron chi connectivity index (χ0n) is 9.41. The maximum atomic E-state index is 12.7. The third kappa shape index (κ3) is 3.58. The first-order valence-corrected chi connectivity index (χ1v) is 6.68. The van der Waals surface area contributed by atoms with Gasteiger partial charge in [0.15, 0.2) is 0 Å². The third-order valence-corrected chi connectivity index (χ3v) is 3.33. The van der Waals surface area contributed by atoms with E-state index >= 15 is 0 Å². The first-order valence-electron chi connectivity index (χ1n) is 4.76. The van der Waals surface area contributed by atoms with Gasteiger partial charge in [-0.25, -0.2) is 22.3 Å². The topological polar surface area (TPSA) is 89.3 Å². The van der Waals surface area contributed by atoms with E-state index in [0.29, 0.717) is 6.07 Å². The molecule has 20 heavy (non-hydrogen) atoms. The van der Waals surface area contributed by atoms with Crippen LogP contribution in [0.2, 0.25) is 5.02 Å². The Labute approximate surface area is 115 Å². The van der Waals surface area contributed by atoms with Crippen molar-refractivity contribution >= 4 is 33.2 Å². The molecule has 0 aliphatic carbocycles. The molecule has 1 aromatic rings. The molecule has 0 fully saturated rings. The maximum absolute atomic E-state index is 12.7. The monoisotopic (exact) mass is 334 g/mol. The lowest BCUT2D eigenvalue weighted by atomic mass is 10.2. The number of sulfonamides is 1. The van der Waals surface area contributed by atoms with E-state index in [1.165, 1.54) is 5.32 Å². The molecule has 1 amide bonds. The van der Waals surface area contributed by atoms with E-state index in [4.69, 9.17) is 16.7 Å². The molecule has 11 heteroatoms. The molecule has 1 rings (SSSR count). The van der Waals surface area contributed by atoms with Gasteiger partial charge < -0.3 is 5.32 Å². The number of benzene rings is 1. The van der Waals surface area contributed by atoms with Gasteiger partial charge in [0.2, 0.25) is 10.0 Å². The zero-order chi connectivity index (χ0) is 15.7. The second-order valence-corrected chi connectivity index (χ2v) is 5.53. The maximum Gasteiger partial charge on any atom is 0.383 e. The molecule has 0 heterocycles. The molecule has 0 saturated heterocycles. The van der Waals surface area contributed by atoms with Crippen LogP contribution in [0.5, 0.6) is 0 Å². The molecule has 0 spiro atoms. The lowest BCUT2D eigenvalue weighted by molar-refractivity contribution is -0.163. The minimum atomic E-state index is -4.94. The molecule has 5 nitrogen and oxygen atoms in total. The Hall–Kier alpha value is -1.39. The number of primary sulfonamides is 1. The summed E-state index contributed by atoms with van der Waals surface area (Å²) >= 11 is 5.54. The van der Waals surface area contributed by atoms with Crippen LogP contribution in [0.4, 0.5) is 23.2 Å². The number of nitrogens with two attached hydrogens (primary N) is 1. The number of anilines is 1. The van der Waals surface area contributed by atoms with Crippen molar-refractivity contribution in [2.45, 2.75) is 17.2 Å². The van der Waals surface area contributed by atoms with Crippen LogP contribution in [-0.2, 0) is 14.8 Å². The van der Waals surface area contributed by atoms with Gasteiger partial charge in [-0.15, -0.1) is 0 Å². The first kappa shape index (κ1) is 16.7. The number of amides is 1. The molecule has 1 aromatic carbocycles. The number of alkyl halides is 4. The normalized spacial score (nSPS) is 12.6. The Kier molecular flexibility index (Phi) is 4.62. The number of nitrogens with one attached hydrogen (secondary N) is 1. The molecule has 0 aliphatic rings. The minimum Gasteiger partial charge on any atom is -0.319 e. The van der Waals surface area contributed by atoms with Crippen LogP contribution in [0.25, 0.3) is 0 Å². The van der Waals surface area contributed by atoms with Crippen LogP contribution in [0, 0.1) is 0 Å². The largest absolute Gasteiger partial charge is 0.383 e. The highest BCUT2D eigenvalue weighted by molar-refractivity contribution is 7.89. The predicted molar refractivity (Wildman–Crippen MR) is 62.4 cm³/mol. The van der Waals surface area contributed by atoms with Gasteiger partial charge in [-0.2, -0.15) is 8.78 Å². The molecule has 0 bridgehead atoms. The fraction of sp³-hybridized carbons (Fsp3) is 0.222. The standard InChI is InChI=1S/C9H7ClF4N2O3S/c10-5-2-1-4(20(15,18)19)3-6(5)16-8(17)9(13,14)7(11)12/h1-3,7H,(H,16,17)(H2,15,18,19). The van der Waals surface area contributed by atoms with Crippen molar-refractivity contribution in [2.75, 3.05) is 5.32 Å². The van der Waals surface area contributed by atoms with Crippen LogP contribution in [0.1, 0.15) is 0 Å². The van der Waals surface area contributed by atoms with Gasteiger partial charge in [-0.1, -0.05) is 11.6 Å². The summed E-state index contributed by atoms with van der Waals surface area (Å²) in [6.07, 6.45) is -4.22. The number of hydrogen-bond acceptors (Lipinski definition) is 3. The average Bonchev–Trinajstić information content (AvgIpc) is 2.30. The number of carbonyl (C=O) groups excluding carboxylic acids is 1. The second kappa shape index (κ2) is 5.54. The molecule has 0 atom stereocenters. The number of carbonyl (C=O) groups is 1. The van der Waals surface area contributed by atoms with E-state index in [1.54, 1.807) is 0 Å². The van der Waals surface area contributed by atoms with Gasteiger partial charge in [-0.3, -0.25) is 4.79 Å². The molecular weight excluding hydrogens is 328 g/mol. The second-order valence-electron chi connectivity index (χ2n) is 3.56. The summed E-state index contributed by atoms with van der Waals surface area (Å²) in [5.74, 6) is -7.26. The van der Waals surface area contributed by atoms with E-state index in [-0.39, 0.29) is 5.02 Å². The first-order chi connectivity index (χ1) is 8.96. The van der Waals surface area contributed by atoms with Crippen molar-refractivity contribution < 1.29 is 30.8 Å². The fourth-order valence-electron chi connectivity index (χ4n) is 1.08. The molecule has 112 valence electrons. The summed E-state index contributed by atoms with van der Waals surface area (Å²) in [4.78, 5) is 10.5. The molecule has 0 aliphatic heterocycles. The van der Waals surface area contributed by atoms with E-state index in [2.05, 4.69) is 0 Å². The Morgan fingerprint density at radius 2 is 1.90 bits per heavy atom. The highest BCUT2D eigenvalue weighted by Gasteiger charge is 2.49. The van der Waals surface area contributed by atoms with Gasteiger partial charge in [0.25, 0.3) is 0 Å². The molecule has 0 saturated carbocycles. The van der Waals surface area contributed by atoms with Gasteiger partial charge in [0.1, 0.15) is 0 Å². The predicted octanol–water partition coefficient (Wildman–Crippen LogP) is 1.83. The van der Waals surface area contributed by atoms with Gasteiger partial charge in [0.05, 0.1) is 15.6 Å². The summed E-state index contributed by atoms with van der Waals surface area (Å²) in [7, 11) is -4.18. The fourth-order valence-corrected chi connectivity index (χ4v) is 1.79. The quantitative estimate of drug-likeness (QED) is 0.823. The zero-order valence-corrected chi connectivity index (χ0v) is 11.0. The summed E-state index contributed by atoms with van der Waals surface area (Å²) in [6.45, 7) is 0. The van der Waals surface area contributed by atoms with Crippen molar-refractivity contribution in [1.29, 1.82) is 0 Å². The summed E-state index contributed by atoms with van der Waals surface area (Å²) in [6, 6.07) is 2.59. The SMILES string of the molecule is NS(=O)(=O)c1ccc(Cl)c(NC(=O)C(F)(F)C(F)F)c1. The van der Waals surface area contributed by atoms with E-state index in [1.807, 2.05) is 0 Å². The van der Waals surface area contributed by atoms with E-state index in [0.717, 1.165) is 12.1 Å². The van der Waals surface area contributed by atoms with Crippen molar-refractivity contribution in [3.63, 3.8) is 0 Å². The number of hydrogen-bond donors (Lipinski definition) is 2. The van der Waals surface area contributed by atoms with Gasteiger partial charge in [-0.05, 0) is 18.2 Å². The van der Waals surface area contributed by atoms with Gasteiger partial charge in [0, 0.05) is 0 Å². The minimum absolute atomic E-state index is 0.323. The molecule has 3 N–H and O–H groups in total. The van der Waals surface area contributed by atoms with Crippen LogP contribution >= 0.6 is 11.6 Å². The lowest BCUT2D eigenvalue weighted by Crippen LogP contribution is -2.41. The highest BCUT2D eigenvalue weighted by Crippen LogP contribution is 2.29. The number of rotatable bonds is 4. The Balaban J connectivity index is 3.13. The van der Waals surface area contributed by atoms with Crippen LogP contribution < -0.4 is 10.5 Å². The number of halogens is 5. The molecule has 0 radical (unpaired) electrons. The summed E-state index contributed by atoms with van der Waals surface area (Å²) < 4.78 is 71.5. The summed E-state index contributed by atoms with van der Waals surface area (Å²) in [5.41, 5.74) is -0.580. The van der Waals surface area contributed by atoms with E-state index < -0.39 is 38.9 Å². The van der Waals surface area contributed by atoms with Crippen molar-refractivity contribution in [3.8, 4) is 0 Å². The molecule has 0 aromatic heterocycles. The van der Waals surface area contributed by atoms with Crippen molar-refractivity contribution in [3.05, 3.63) is 23.2 Å². The summed E-state index contributed by atoms with van der Waals surface area (Å²) in [5, 5.41) is 5.89. The smallest absolute Gasteiger partial charge is 0.319 e. The Morgan fingerprint density at radius 1 is 1.35 bits per heavy atom. The Morgan fingerprint density at radius 3 is 2.35 bits per heavy atom. The average molecular weight is 335 g/mol.